The largest absolute Gasteiger partial charge is 0.416 e. The normalized spacial score (nSPS) is 14.4. The molecular weight excluding hydrogens is 197 g/mol. The van der Waals surface area contributed by atoms with Crippen molar-refractivity contribution < 1.29 is 23.0 Å². The Bertz CT molecular complexity index is 137. The fourth-order valence-electron chi connectivity index (χ4n) is 0.920. The first kappa shape index (κ1) is 13.7. The SMILES string of the molecule is CCCCCCOCC(O)C(F)(F)F. The first-order valence-corrected chi connectivity index (χ1v) is 4.81. The Balaban J connectivity index is 3.28. The molecule has 0 aromatic heterocycles. The zero-order valence-electron chi connectivity index (χ0n) is 8.31. The summed E-state index contributed by atoms with van der Waals surface area (Å²) in [5.41, 5.74) is 0. The maximum absolute atomic E-state index is 11.7. The number of unbranched alkanes of at least 4 members (excludes halogenated alkanes) is 3. The molecule has 0 spiro atoms. The van der Waals surface area contributed by atoms with Crippen molar-refractivity contribution in [3.63, 3.8) is 0 Å². The summed E-state index contributed by atoms with van der Waals surface area (Å²) in [5, 5.41) is 8.54. The first-order valence-electron chi connectivity index (χ1n) is 4.81. The molecular formula is C9H17F3O2. The van der Waals surface area contributed by atoms with E-state index in [-0.39, 0.29) is 6.61 Å². The molecule has 0 aliphatic carbocycles. The monoisotopic (exact) mass is 214 g/mol. The average Bonchev–Trinajstić information content (AvgIpc) is 2.09. The van der Waals surface area contributed by atoms with Gasteiger partial charge in [0, 0.05) is 6.61 Å². The van der Waals surface area contributed by atoms with Crippen LogP contribution >= 0.6 is 0 Å². The summed E-state index contributed by atoms with van der Waals surface area (Å²) in [7, 11) is 0. The molecule has 1 N–H and O–H groups in total. The molecule has 5 heteroatoms. The molecule has 1 unspecified atom stereocenters. The van der Waals surface area contributed by atoms with Gasteiger partial charge in [-0.05, 0) is 6.42 Å². The first-order chi connectivity index (χ1) is 6.48. The predicted molar refractivity (Wildman–Crippen MR) is 47.0 cm³/mol. The molecule has 0 amide bonds. The van der Waals surface area contributed by atoms with Gasteiger partial charge in [0.15, 0.2) is 6.10 Å². The second-order valence-electron chi connectivity index (χ2n) is 3.19. The van der Waals surface area contributed by atoms with Gasteiger partial charge in [-0.1, -0.05) is 26.2 Å². The lowest BCUT2D eigenvalue weighted by molar-refractivity contribution is -0.217. The highest BCUT2D eigenvalue weighted by molar-refractivity contribution is 4.63. The van der Waals surface area contributed by atoms with Gasteiger partial charge in [0.05, 0.1) is 6.61 Å². The Morgan fingerprint density at radius 3 is 2.36 bits per heavy atom. The van der Waals surface area contributed by atoms with Gasteiger partial charge in [0.2, 0.25) is 0 Å². The van der Waals surface area contributed by atoms with E-state index in [9.17, 15) is 13.2 Å². The van der Waals surface area contributed by atoms with Crippen LogP contribution in [-0.4, -0.2) is 30.6 Å². The zero-order valence-corrected chi connectivity index (χ0v) is 8.31. The summed E-state index contributed by atoms with van der Waals surface area (Å²) in [6.45, 7) is 1.68. The average molecular weight is 214 g/mol. The molecule has 0 aromatic rings. The van der Waals surface area contributed by atoms with Crippen LogP contribution in [0, 0.1) is 0 Å². The number of hydrogen-bond donors (Lipinski definition) is 1. The van der Waals surface area contributed by atoms with Gasteiger partial charge in [-0.15, -0.1) is 0 Å². The molecule has 86 valence electrons. The standard InChI is InChI=1S/C9H17F3O2/c1-2-3-4-5-6-14-7-8(13)9(10,11)12/h8,13H,2-7H2,1H3. The number of rotatable bonds is 7. The van der Waals surface area contributed by atoms with Crippen LogP contribution in [0.1, 0.15) is 32.6 Å². The maximum Gasteiger partial charge on any atom is 0.416 e. The number of aliphatic hydroxyl groups excluding tert-OH is 1. The van der Waals surface area contributed by atoms with Gasteiger partial charge in [-0.3, -0.25) is 0 Å². The number of aliphatic hydroxyl groups is 1. The van der Waals surface area contributed by atoms with Gasteiger partial charge >= 0.3 is 6.18 Å². The van der Waals surface area contributed by atoms with Crippen LogP contribution in [0.2, 0.25) is 0 Å². The van der Waals surface area contributed by atoms with E-state index < -0.39 is 18.9 Å². The van der Waals surface area contributed by atoms with Gasteiger partial charge in [0.25, 0.3) is 0 Å². The van der Waals surface area contributed by atoms with E-state index in [2.05, 4.69) is 0 Å². The van der Waals surface area contributed by atoms with Crippen molar-refractivity contribution >= 4 is 0 Å². The third-order valence-electron chi connectivity index (χ3n) is 1.80. The second-order valence-corrected chi connectivity index (χ2v) is 3.19. The number of ether oxygens (including phenoxy) is 1. The molecule has 0 heterocycles. The van der Waals surface area contributed by atoms with Crippen molar-refractivity contribution in [1.29, 1.82) is 0 Å². The lowest BCUT2D eigenvalue weighted by Crippen LogP contribution is -2.33. The van der Waals surface area contributed by atoms with Crippen LogP contribution in [-0.2, 0) is 4.74 Å². The summed E-state index contributed by atoms with van der Waals surface area (Å²) in [6.07, 6.45) is -3.08. The Morgan fingerprint density at radius 1 is 1.21 bits per heavy atom. The van der Waals surface area contributed by atoms with E-state index in [1.54, 1.807) is 0 Å². The quantitative estimate of drug-likeness (QED) is 0.660. The van der Waals surface area contributed by atoms with E-state index in [4.69, 9.17) is 9.84 Å². The Morgan fingerprint density at radius 2 is 1.86 bits per heavy atom. The highest BCUT2D eigenvalue weighted by Gasteiger charge is 2.38. The molecule has 0 rings (SSSR count). The molecule has 2 nitrogen and oxygen atoms in total. The van der Waals surface area contributed by atoms with Crippen LogP contribution in [0.15, 0.2) is 0 Å². The van der Waals surface area contributed by atoms with Crippen molar-refractivity contribution in [1.82, 2.24) is 0 Å². The molecule has 0 saturated heterocycles. The van der Waals surface area contributed by atoms with E-state index in [1.165, 1.54) is 0 Å². The molecule has 14 heavy (non-hydrogen) atoms. The maximum atomic E-state index is 11.7. The van der Waals surface area contributed by atoms with Crippen LogP contribution in [0.4, 0.5) is 13.2 Å². The third kappa shape index (κ3) is 7.15. The summed E-state index contributed by atoms with van der Waals surface area (Å²) >= 11 is 0. The summed E-state index contributed by atoms with van der Waals surface area (Å²) in [4.78, 5) is 0. The van der Waals surface area contributed by atoms with E-state index in [0.717, 1.165) is 25.7 Å². The summed E-state index contributed by atoms with van der Waals surface area (Å²) in [5.74, 6) is 0. The van der Waals surface area contributed by atoms with Crippen molar-refractivity contribution in [2.75, 3.05) is 13.2 Å². The number of halogens is 3. The molecule has 0 radical (unpaired) electrons. The predicted octanol–water partition coefficient (Wildman–Crippen LogP) is 2.51. The minimum atomic E-state index is -4.57. The molecule has 0 aliphatic rings. The Hall–Kier alpha value is -0.290. The van der Waals surface area contributed by atoms with Crippen LogP contribution in [0.25, 0.3) is 0 Å². The second kappa shape index (κ2) is 7.06. The van der Waals surface area contributed by atoms with E-state index >= 15 is 0 Å². The molecule has 0 aliphatic heterocycles. The number of alkyl halides is 3. The Kier molecular flexibility index (Phi) is 6.92. The van der Waals surface area contributed by atoms with Crippen molar-refractivity contribution in [3.8, 4) is 0 Å². The van der Waals surface area contributed by atoms with Crippen LogP contribution in [0.5, 0.6) is 0 Å². The van der Waals surface area contributed by atoms with Crippen molar-refractivity contribution in [3.05, 3.63) is 0 Å². The molecule has 1 atom stereocenters. The van der Waals surface area contributed by atoms with Gasteiger partial charge in [0.1, 0.15) is 0 Å². The van der Waals surface area contributed by atoms with Gasteiger partial charge < -0.3 is 9.84 Å². The van der Waals surface area contributed by atoms with Gasteiger partial charge in [-0.2, -0.15) is 13.2 Å². The highest BCUT2D eigenvalue weighted by atomic mass is 19.4. The van der Waals surface area contributed by atoms with Crippen molar-refractivity contribution in [2.24, 2.45) is 0 Å². The lowest BCUT2D eigenvalue weighted by atomic mass is 10.2. The van der Waals surface area contributed by atoms with Crippen molar-refractivity contribution in [2.45, 2.75) is 44.9 Å². The fourth-order valence-corrected chi connectivity index (χ4v) is 0.920. The number of hydrogen-bond acceptors (Lipinski definition) is 2. The fraction of sp³-hybridized carbons (Fsp3) is 1.00. The molecule has 0 aromatic carbocycles. The minimum absolute atomic E-state index is 0.285. The smallest absolute Gasteiger partial charge is 0.382 e. The van der Waals surface area contributed by atoms with Crippen LogP contribution < -0.4 is 0 Å². The molecule has 0 fully saturated rings. The highest BCUT2D eigenvalue weighted by Crippen LogP contribution is 2.19. The summed E-state index contributed by atoms with van der Waals surface area (Å²) < 4.78 is 39.9. The summed E-state index contributed by atoms with van der Waals surface area (Å²) in [6, 6.07) is 0. The van der Waals surface area contributed by atoms with E-state index in [1.807, 2.05) is 6.92 Å². The van der Waals surface area contributed by atoms with Crippen LogP contribution in [0.3, 0.4) is 0 Å². The molecule has 0 saturated carbocycles. The minimum Gasteiger partial charge on any atom is -0.382 e. The van der Waals surface area contributed by atoms with Gasteiger partial charge in [-0.25, -0.2) is 0 Å². The molecule has 0 bridgehead atoms. The zero-order chi connectivity index (χ0) is 11.0. The lowest BCUT2D eigenvalue weighted by Gasteiger charge is -2.14. The Labute approximate surface area is 82.1 Å². The topological polar surface area (TPSA) is 29.5 Å². The third-order valence-corrected chi connectivity index (χ3v) is 1.80. The van der Waals surface area contributed by atoms with E-state index in [0.29, 0.717) is 0 Å².